The van der Waals surface area contributed by atoms with Gasteiger partial charge in [-0.1, -0.05) is 18.2 Å². The van der Waals surface area contributed by atoms with E-state index in [1.165, 1.54) is 0 Å². The quantitative estimate of drug-likeness (QED) is 0.828. The van der Waals surface area contributed by atoms with Gasteiger partial charge in [-0.3, -0.25) is 4.79 Å². The number of amides is 1. The van der Waals surface area contributed by atoms with Crippen LogP contribution in [0.4, 0.5) is 0 Å². The number of ether oxygens (including phenoxy) is 2. The van der Waals surface area contributed by atoms with Gasteiger partial charge >= 0.3 is 5.97 Å². The number of carbonyl (C=O) groups excluding carboxylic acids is 1. The van der Waals surface area contributed by atoms with E-state index < -0.39 is 5.97 Å². The summed E-state index contributed by atoms with van der Waals surface area (Å²) in [6, 6.07) is 12.5. The zero-order chi connectivity index (χ0) is 20.1. The number of carbonyl (C=O) groups is 2. The van der Waals surface area contributed by atoms with Crippen molar-refractivity contribution in [3.63, 3.8) is 0 Å². The van der Waals surface area contributed by atoms with E-state index in [-0.39, 0.29) is 23.8 Å². The Balaban J connectivity index is 1.71. The van der Waals surface area contributed by atoms with Gasteiger partial charge in [-0.25, -0.2) is 4.79 Å². The standard InChI is InChI=1S/C22H25NO5/c1-27-19-9-8-16(20(13-19)28-2)12-21(24)23-10-4-7-18(14-23)15-5-3-6-17(11-15)22(25)26/h3,5-6,8-9,11,13,18H,4,7,10,12,14H2,1-2H3,(H,25,26)/t18-/m0/s1. The first kappa shape index (κ1) is 19.7. The Morgan fingerprint density at radius 1 is 1.14 bits per heavy atom. The highest BCUT2D eigenvalue weighted by atomic mass is 16.5. The molecule has 1 aliphatic rings. The molecule has 6 nitrogen and oxygen atoms in total. The number of methoxy groups -OCH3 is 2. The molecule has 0 unspecified atom stereocenters. The van der Waals surface area contributed by atoms with Crippen molar-refractivity contribution < 1.29 is 24.2 Å². The van der Waals surface area contributed by atoms with Gasteiger partial charge in [0.15, 0.2) is 0 Å². The van der Waals surface area contributed by atoms with Crippen molar-refractivity contribution in [2.45, 2.75) is 25.2 Å². The SMILES string of the molecule is COc1ccc(CC(=O)N2CCC[C@H](c3cccc(C(=O)O)c3)C2)c(OC)c1. The van der Waals surface area contributed by atoms with E-state index >= 15 is 0 Å². The van der Waals surface area contributed by atoms with Gasteiger partial charge in [0, 0.05) is 30.6 Å². The van der Waals surface area contributed by atoms with E-state index in [0.29, 0.717) is 24.6 Å². The van der Waals surface area contributed by atoms with Crippen molar-refractivity contribution in [3.8, 4) is 11.5 Å². The third-order valence-electron chi connectivity index (χ3n) is 5.21. The van der Waals surface area contributed by atoms with Gasteiger partial charge in [-0.05, 0) is 36.6 Å². The molecule has 1 atom stereocenters. The summed E-state index contributed by atoms with van der Waals surface area (Å²) < 4.78 is 10.6. The number of carboxylic acids is 1. The lowest BCUT2D eigenvalue weighted by Gasteiger charge is -2.33. The molecule has 1 aliphatic heterocycles. The van der Waals surface area contributed by atoms with E-state index in [1.807, 2.05) is 23.1 Å². The molecular weight excluding hydrogens is 358 g/mol. The lowest BCUT2D eigenvalue weighted by molar-refractivity contribution is -0.131. The number of benzene rings is 2. The summed E-state index contributed by atoms with van der Waals surface area (Å²) in [6.45, 7) is 1.31. The minimum Gasteiger partial charge on any atom is -0.497 e. The van der Waals surface area contributed by atoms with Gasteiger partial charge in [0.25, 0.3) is 0 Å². The third kappa shape index (κ3) is 4.44. The van der Waals surface area contributed by atoms with Crippen molar-refractivity contribution in [2.24, 2.45) is 0 Å². The minimum absolute atomic E-state index is 0.0440. The zero-order valence-electron chi connectivity index (χ0n) is 16.2. The van der Waals surface area contributed by atoms with Gasteiger partial charge in [0.05, 0.1) is 26.2 Å². The van der Waals surface area contributed by atoms with Crippen molar-refractivity contribution >= 4 is 11.9 Å². The maximum Gasteiger partial charge on any atom is 0.335 e. The molecule has 148 valence electrons. The predicted octanol–water partition coefficient (Wildman–Crippen LogP) is 3.35. The molecule has 0 aliphatic carbocycles. The normalized spacial score (nSPS) is 16.5. The van der Waals surface area contributed by atoms with Gasteiger partial charge < -0.3 is 19.5 Å². The fraction of sp³-hybridized carbons (Fsp3) is 0.364. The highest BCUT2D eigenvalue weighted by Gasteiger charge is 2.26. The highest BCUT2D eigenvalue weighted by Crippen LogP contribution is 2.29. The van der Waals surface area contributed by atoms with Gasteiger partial charge in [0.1, 0.15) is 11.5 Å². The van der Waals surface area contributed by atoms with Crippen LogP contribution >= 0.6 is 0 Å². The Hall–Kier alpha value is -3.02. The molecule has 3 rings (SSSR count). The van der Waals surface area contributed by atoms with Crippen LogP contribution in [0.25, 0.3) is 0 Å². The number of rotatable bonds is 6. The average molecular weight is 383 g/mol. The second-order valence-corrected chi connectivity index (χ2v) is 6.96. The van der Waals surface area contributed by atoms with Crippen LogP contribution in [0.2, 0.25) is 0 Å². The van der Waals surface area contributed by atoms with E-state index in [2.05, 4.69) is 0 Å². The Labute approximate surface area is 164 Å². The van der Waals surface area contributed by atoms with Crippen LogP contribution in [0.15, 0.2) is 42.5 Å². The van der Waals surface area contributed by atoms with Crippen molar-refractivity contribution in [1.82, 2.24) is 4.90 Å². The van der Waals surface area contributed by atoms with Crippen LogP contribution in [0.5, 0.6) is 11.5 Å². The lowest BCUT2D eigenvalue weighted by atomic mass is 9.89. The summed E-state index contributed by atoms with van der Waals surface area (Å²) in [5.74, 6) is 0.578. The molecule has 0 aromatic heterocycles. The molecule has 2 aromatic carbocycles. The van der Waals surface area contributed by atoms with Crippen LogP contribution in [-0.4, -0.2) is 49.2 Å². The number of hydrogen-bond acceptors (Lipinski definition) is 4. The molecular formula is C22H25NO5. The minimum atomic E-state index is -0.933. The highest BCUT2D eigenvalue weighted by molar-refractivity contribution is 5.87. The predicted molar refractivity (Wildman–Crippen MR) is 105 cm³/mol. The van der Waals surface area contributed by atoms with E-state index in [0.717, 1.165) is 24.0 Å². The molecule has 0 bridgehead atoms. The van der Waals surface area contributed by atoms with Crippen LogP contribution < -0.4 is 9.47 Å². The molecule has 1 amide bonds. The van der Waals surface area contributed by atoms with Crippen molar-refractivity contribution in [3.05, 3.63) is 59.2 Å². The summed E-state index contributed by atoms with van der Waals surface area (Å²) in [5, 5.41) is 9.21. The van der Waals surface area contributed by atoms with Crippen molar-refractivity contribution in [2.75, 3.05) is 27.3 Å². The summed E-state index contributed by atoms with van der Waals surface area (Å²) in [6.07, 6.45) is 2.10. The summed E-state index contributed by atoms with van der Waals surface area (Å²) in [5.41, 5.74) is 2.08. The van der Waals surface area contributed by atoms with E-state index in [1.54, 1.807) is 38.5 Å². The van der Waals surface area contributed by atoms with Gasteiger partial charge in [-0.15, -0.1) is 0 Å². The first-order valence-corrected chi connectivity index (χ1v) is 9.33. The number of nitrogens with zero attached hydrogens (tertiary/aromatic N) is 1. The fourth-order valence-electron chi connectivity index (χ4n) is 3.67. The largest absolute Gasteiger partial charge is 0.497 e. The van der Waals surface area contributed by atoms with E-state index in [4.69, 9.17) is 9.47 Å². The molecule has 0 saturated carbocycles. The Bertz CT molecular complexity index is 864. The second-order valence-electron chi connectivity index (χ2n) is 6.96. The molecule has 2 aromatic rings. The zero-order valence-corrected chi connectivity index (χ0v) is 16.2. The summed E-state index contributed by atoms with van der Waals surface area (Å²) in [4.78, 5) is 26.0. The van der Waals surface area contributed by atoms with Gasteiger partial charge in [0.2, 0.25) is 5.91 Å². The Kier molecular flexibility index (Phi) is 6.19. The topological polar surface area (TPSA) is 76.1 Å². The summed E-state index contributed by atoms with van der Waals surface area (Å²) in [7, 11) is 3.17. The second kappa shape index (κ2) is 8.78. The maximum absolute atomic E-state index is 12.9. The maximum atomic E-state index is 12.9. The molecule has 0 radical (unpaired) electrons. The van der Waals surface area contributed by atoms with Crippen LogP contribution in [0.3, 0.4) is 0 Å². The third-order valence-corrected chi connectivity index (χ3v) is 5.21. The Morgan fingerprint density at radius 2 is 1.96 bits per heavy atom. The lowest BCUT2D eigenvalue weighted by Crippen LogP contribution is -2.40. The fourth-order valence-corrected chi connectivity index (χ4v) is 3.67. The molecule has 6 heteroatoms. The number of hydrogen-bond donors (Lipinski definition) is 1. The number of piperidine rings is 1. The molecule has 1 fully saturated rings. The number of likely N-dealkylation sites (tertiary alicyclic amines) is 1. The van der Waals surface area contributed by atoms with Crippen LogP contribution in [0, 0.1) is 0 Å². The molecule has 1 N–H and O–H groups in total. The number of carboxylic acid groups (broad SMARTS) is 1. The Morgan fingerprint density at radius 3 is 2.68 bits per heavy atom. The van der Waals surface area contributed by atoms with Crippen LogP contribution in [-0.2, 0) is 11.2 Å². The summed E-state index contributed by atoms with van der Waals surface area (Å²) >= 11 is 0. The average Bonchev–Trinajstić information content (AvgIpc) is 2.74. The first-order chi connectivity index (χ1) is 13.5. The molecule has 0 spiro atoms. The molecule has 1 heterocycles. The molecule has 28 heavy (non-hydrogen) atoms. The smallest absolute Gasteiger partial charge is 0.335 e. The molecule has 1 saturated heterocycles. The monoisotopic (exact) mass is 383 g/mol. The van der Waals surface area contributed by atoms with E-state index in [9.17, 15) is 14.7 Å². The number of aromatic carboxylic acids is 1. The van der Waals surface area contributed by atoms with Crippen LogP contribution in [0.1, 0.15) is 40.2 Å². The van der Waals surface area contributed by atoms with Crippen molar-refractivity contribution in [1.29, 1.82) is 0 Å². The van der Waals surface area contributed by atoms with Gasteiger partial charge in [-0.2, -0.15) is 0 Å². The first-order valence-electron chi connectivity index (χ1n) is 9.33.